The Bertz CT molecular complexity index is 167. The third-order valence-corrected chi connectivity index (χ3v) is 4.21. The van der Waals surface area contributed by atoms with E-state index in [4.69, 9.17) is 0 Å². The van der Waals surface area contributed by atoms with Gasteiger partial charge in [0.15, 0.2) is 0 Å². The molecule has 0 aliphatic carbocycles. The molecule has 3 heteroatoms. The molecule has 0 amide bonds. The fourth-order valence-electron chi connectivity index (χ4n) is 0.691. The van der Waals surface area contributed by atoms with Crippen molar-refractivity contribution in [1.82, 2.24) is 0 Å². The van der Waals surface area contributed by atoms with Gasteiger partial charge in [-0.2, -0.15) is 0 Å². The van der Waals surface area contributed by atoms with Crippen molar-refractivity contribution < 1.29 is 25.6 Å². The van der Waals surface area contributed by atoms with Crippen LogP contribution in [0.5, 0.6) is 0 Å². The van der Waals surface area contributed by atoms with Crippen molar-refractivity contribution in [3.63, 3.8) is 0 Å². The topological polar surface area (TPSA) is 34.1 Å². The van der Waals surface area contributed by atoms with E-state index < -0.39 is 16.1 Å². The van der Waals surface area contributed by atoms with E-state index in [1.165, 1.54) is 6.92 Å². The standard InChI is InChI=1S/C5H7O2.3CH3.Pt/c1-4(6)3-5(2)7;;;;/h1,3H2,2H3;3*1H3;. The zero-order chi connectivity index (χ0) is 9.07. The van der Waals surface area contributed by atoms with E-state index in [9.17, 15) is 9.59 Å². The maximum atomic E-state index is 11.1. The van der Waals surface area contributed by atoms with E-state index in [2.05, 4.69) is 15.9 Å². The zero-order valence-electron chi connectivity index (χ0n) is 7.55. The minimum atomic E-state index is -1.68. The number of hydrogen-bond donors (Lipinski definition) is 0. The molecule has 0 N–H and O–H groups in total. The second-order valence-corrected chi connectivity index (χ2v) is 15.6. The third-order valence-electron chi connectivity index (χ3n) is 0.906. The molecule has 0 saturated carbocycles. The van der Waals surface area contributed by atoms with Crippen LogP contribution in [-0.4, -0.2) is 11.6 Å². The van der Waals surface area contributed by atoms with Gasteiger partial charge in [0.1, 0.15) is 0 Å². The summed E-state index contributed by atoms with van der Waals surface area (Å²) in [6, 6.07) is 0. The first-order chi connectivity index (χ1) is 4.81. The van der Waals surface area contributed by atoms with E-state index in [0.717, 1.165) is 0 Å². The summed E-state index contributed by atoms with van der Waals surface area (Å²) >= 11 is -1.68. The van der Waals surface area contributed by atoms with Gasteiger partial charge in [-0.25, -0.2) is 0 Å². The Labute approximate surface area is 71.6 Å². The normalized spacial score (nSPS) is 12.7. The first-order valence-corrected chi connectivity index (χ1v) is 11.6. The molecule has 0 aliphatic rings. The molecule has 0 spiro atoms. The number of carbonyl (C=O) groups excluding carboxylic acids is 2. The molecule has 0 heterocycles. The molecule has 0 rings (SSSR count). The fourth-order valence-corrected chi connectivity index (χ4v) is 3.66. The molecular formula is C8H16O2Pt. The number of hydrogen-bond acceptors (Lipinski definition) is 2. The first-order valence-electron chi connectivity index (χ1n) is 3.14. The molecule has 0 atom stereocenters. The molecule has 0 unspecified atom stereocenters. The summed E-state index contributed by atoms with van der Waals surface area (Å²) < 4.78 is 0. The molecule has 0 radical (unpaired) electrons. The summed E-state index contributed by atoms with van der Waals surface area (Å²) in [5.41, 5.74) is 0. The van der Waals surface area contributed by atoms with Crippen molar-refractivity contribution in [2.24, 2.45) is 0 Å². The molecule has 11 heavy (non-hydrogen) atoms. The molecule has 0 aliphatic heterocycles. The zero-order valence-corrected chi connectivity index (χ0v) is 9.82. The Kier molecular flexibility index (Phi) is 4.16. The van der Waals surface area contributed by atoms with Gasteiger partial charge in [-0.15, -0.1) is 0 Å². The van der Waals surface area contributed by atoms with E-state index >= 15 is 0 Å². The van der Waals surface area contributed by atoms with Crippen LogP contribution in [0.15, 0.2) is 0 Å². The maximum absolute atomic E-state index is 11.1. The summed E-state index contributed by atoms with van der Waals surface area (Å²) in [5, 5.41) is 6.51. The summed E-state index contributed by atoms with van der Waals surface area (Å²) in [4.78, 5) is 22.3. The van der Waals surface area contributed by atoms with E-state index in [1.54, 1.807) is 0 Å². The first kappa shape index (κ1) is 11.0. The summed E-state index contributed by atoms with van der Waals surface area (Å²) in [6.07, 6.45) is 0.140. The van der Waals surface area contributed by atoms with Gasteiger partial charge in [-0.3, -0.25) is 0 Å². The number of rotatable bonds is 4. The minimum absolute atomic E-state index is 0.0135. The van der Waals surface area contributed by atoms with Crippen LogP contribution in [0.3, 0.4) is 0 Å². The van der Waals surface area contributed by atoms with Crippen molar-refractivity contribution in [3.8, 4) is 0 Å². The van der Waals surface area contributed by atoms with Crippen LogP contribution < -0.4 is 0 Å². The van der Waals surface area contributed by atoms with Crippen molar-refractivity contribution >= 4 is 11.6 Å². The van der Waals surface area contributed by atoms with Crippen LogP contribution in [0.1, 0.15) is 13.3 Å². The molecule has 70 valence electrons. The SMILES string of the molecule is CC(=O)CC(=O)[CH2][Pt]([CH3])([CH3])[CH3]. The Hall–Kier alpha value is 0.0283. The molecule has 0 fully saturated rings. The van der Waals surface area contributed by atoms with E-state index in [-0.39, 0.29) is 18.0 Å². The molecular weight excluding hydrogens is 323 g/mol. The molecule has 0 bridgehead atoms. The second kappa shape index (κ2) is 4.15. The van der Waals surface area contributed by atoms with Crippen LogP contribution in [0.4, 0.5) is 0 Å². The van der Waals surface area contributed by atoms with Crippen molar-refractivity contribution in [1.29, 1.82) is 0 Å². The molecule has 0 saturated heterocycles. The van der Waals surface area contributed by atoms with Gasteiger partial charge in [-0.1, -0.05) is 0 Å². The summed E-state index contributed by atoms with van der Waals surface area (Å²) in [7, 11) is 0. The van der Waals surface area contributed by atoms with Gasteiger partial charge in [0.25, 0.3) is 0 Å². The van der Waals surface area contributed by atoms with Crippen molar-refractivity contribution in [3.05, 3.63) is 0 Å². The van der Waals surface area contributed by atoms with Gasteiger partial charge in [-0.05, 0) is 0 Å². The Morgan fingerprint density at radius 1 is 1.18 bits per heavy atom. The van der Waals surface area contributed by atoms with E-state index in [1.807, 2.05) is 0 Å². The molecule has 0 aromatic rings. The third kappa shape index (κ3) is 7.93. The van der Waals surface area contributed by atoms with Crippen LogP contribution in [-0.2, 0) is 25.6 Å². The Balaban J connectivity index is 3.80. The summed E-state index contributed by atoms with van der Waals surface area (Å²) in [5.74, 6) is 0.113. The van der Waals surface area contributed by atoms with Crippen molar-refractivity contribution in [2.75, 3.05) is 0 Å². The van der Waals surface area contributed by atoms with Crippen molar-refractivity contribution in [2.45, 2.75) is 34.1 Å². The molecule has 0 aromatic carbocycles. The summed E-state index contributed by atoms with van der Waals surface area (Å²) in [6.45, 7) is 1.47. The van der Waals surface area contributed by atoms with Gasteiger partial charge in [0, 0.05) is 0 Å². The van der Waals surface area contributed by atoms with Crippen LogP contribution in [0.2, 0.25) is 20.8 Å². The van der Waals surface area contributed by atoms with Crippen LogP contribution >= 0.6 is 0 Å². The van der Waals surface area contributed by atoms with Gasteiger partial charge < -0.3 is 0 Å². The average molecular weight is 339 g/mol. The predicted octanol–water partition coefficient (Wildman–Crippen LogP) is 2.25. The molecule has 0 aromatic heterocycles. The molecule has 2 nitrogen and oxygen atoms in total. The number of ketones is 2. The van der Waals surface area contributed by atoms with Crippen LogP contribution in [0, 0.1) is 0 Å². The number of Topliss-reactive ketones (excluding diaryl/α,β-unsaturated/α-hetero) is 2. The quantitative estimate of drug-likeness (QED) is 0.737. The second-order valence-electron chi connectivity index (χ2n) is 3.15. The van der Waals surface area contributed by atoms with Gasteiger partial charge in [0.2, 0.25) is 0 Å². The monoisotopic (exact) mass is 339 g/mol. The fraction of sp³-hybridized carbons (Fsp3) is 0.750. The Morgan fingerprint density at radius 3 is 1.91 bits per heavy atom. The predicted molar refractivity (Wildman–Crippen MR) is 42.7 cm³/mol. The van der Waals surface area contributed by atoms with Gasteiger partial charge in [0.05, 0.1) is 0 Å². The van der Waals surface area contributed by atoms with Gasteiger partial charge >= 0.3 is 71.3 Å². The average Bonchev–Trinajstić information content (AvgIpc) is 1.53. The van der Waals surface area contributed by atoms with E-state index in [0.29, 0.717) is 4.81 Å². The number of carbonyl (C=O) groups is 2. The van der Waals surface area contributed by atoms with Crippen LogP contribution in [0.25, 0.3) is 0 Å². The Morgan fingerprint density at radius 2 is 1.64 bits per heavy atom.